The third kappa shape index (κ3) is 6.21. The zero-order valence-electron chi connectivity index (χ0n) is 20.9. The molecule has 5 rings (SSSR count). The number of hydrogen-bond donors (Lipinski definition) is 3. The normalized spacial score (nSPS) is 15.7. The molecule has 0 atom stereocenters. The molecule has 1 saturated heterocycles. The molecule has 0 bridgehead atoms. The second-order valence-electron chi connectivity index (χ2n) is 9.84. The summed E-state index contributed by atoms with van der Waals surface area (Å²) in [5.74, 6) is -0.219. The van der Waals surface area contributed by atoms with E-state index in [1.165, 1.54) is 19.3 Å². The van der Waals surface area contributed by atoms with Gasteiger partial charge in [-0.2, -0.15) is 0 Å². The smallest absolute Gasteiger partial charge is 0.255 e. The Labute approximate surface area is 217 Å². The standard InChI is InChI=1S/C29H32N6O2/c1-19(28(36)33-23-8-9-24(32-17-23)18-35-11-3-2-4-12-35)26-14-21(7-10-27(26)30)22-13-25(16-31-15-22)34-29(37)20-5-6-20/h7-10,13-17,20H,1-6,11-12,18,30H2,(H,33,36)(H,34,37). The molecule has 3 aromatic rings. The van der Waals surface area contributed by atoms with E-state index >= 15 is 0 Å². The number of carbonyl (C=O) groups excluding carboxylic acids is 2. The van der Waals surface area contributed by atoms with Crippen LogP contribution >= 0.6 is 0 Å². The Kier molecular flexibility index (Phi) is 7.28. The van der Waals surface area contributed by atoms with Gasteiger partial charge in [0, 0.05) is 41.0 Å². The number of carbonyl (C=O) groups is 2. The summed E-state index contributed by atoms with van der Waals surface area (Å²) in [4.78, 5) is 36.3. The van der Waals surface area contributed by atoms with Crippen molar-refractivity contribution in [1.82, 2.24) is 14.9 Å². The Morgan fingerprint density at radius 3 is 2.49 bits per heavy atom. The Hall–Kier alpha value is -4.04. The van der Waals surface area contributed by atoms with Gasteiger partial charge >= 0.3 is 0 Å². The van der Waals surface area contributed by atoms with Crippen molar-refractivity contribution in [3.63, 3.8) is 0 Å². The molecule has 8 nitrogen and oxygen atoms in total. The van der Waals surface area contributed by atoms with Gasteiger partial charge in [0.25, 0.3) is 5.91 Å². The lowest BCUT2D eigenvalue weighted by molar-refractivity contribution is -0.117. The van der Waals surface area contributed by atoms with Gasteiger partial charge in [0.05, 0.1) is 29.5 Å². The van der Waals surface area contributed by atoms with Gasteiger partial charge in [0.2, 0.25) is 5.91 Å². The van der Waals surface area contributed by atoms with E-state index in [4.69, 9.17) is 5.73 Å². The molecule has 2 aromatic heterocycles. The Balaban J connectivity index is 1.25. The fourth-order valence-corrected chi connectivity index (χ4v) is 4.52. The zero-order valence-corrected chi connectivity index (χ0v) is 20.9. The molecule has 3 heterocycles. The highest BCUT2D eigenvalue weighted by Crippen LogP contribution is 2.32. The fraction of sp³-hybridized carbons (Fsp3) is 0.310. The number of hydrogen-bond acceptors (Lipinski definition) is 6. The third-order valence-electron chi connectivity index (χ3n) is 6.86. The monoisotopic (exact) mass is 496 g/mol. The number of nitrogens with two attached hydrogens (primary N) is 1. The number of benzene rings is 1. The molecule has 0 spiro atoms. The van der Waals surface area contributed by atoms with Crippen LogP contribution < -0.4 is 16.4 Å². The van der Waals surface area contributed by atoms with Crippen LogP contribution in [0, 0.1) is 5.92 Å². The van der Waals surface area contributed by atoms with E-state index in [1.54, 1.807) is 24.7 Å². The number of aromatic nitrogens is 2. The molecular formula is C29H32N6O2. The lowest BCUT2D eigenvalue weighted by Gasteiger charge is -2.25. The number of nitrogens with zero attached hydrogens (tertiary/aromatic N) is 3. The molecule has 1 saturated carbocycles. The minimum absolute atomic E-state index is 0.0241. The second-order valence-corrected chi connectivity index (χ2v) is 9.84. The van der Waals surface area contributed by atoms with Crippen molar-refractivity contribution in [3.05, 3.63) is 72.8 Å². The Morgan fingerprint density at radius 2 is 1.76 bits per heavy atom. The Bertz CT molecular complexity index is 1310. The van der Waals surface area contributed by atoms with Crippen LogP contribution in [0.2, 0.25) is 0 Å². The molecule has 0 radical (unpaired) electrons. The van der Waals surface area contributed by atoms with Gasteiger partial charge in [-0.05, 0) is 74.7 Å². The summed E-state index contributed by atoms with van der Waals surface area (Å²) in [5, 5.41) is 5.79. The second kappa shape index (κ2) is 10.9. The number of pyridine rings is 2. The van der Waals surface area contributed by atoms with Crippen LogP contribution in [0.5, 0.6) is 0 Å². The van der Waals surface area contributed by atoms with Crippen LogP contribution in [0.4, 0.5) is 17.1 Å². The van der Waals surface area contributed by atoms with Crippen molar-refractivity contribution in [1.29, 1.82) is 0 Å². The number of nitrogen functional groups attached to an aromatic ring is 1. The summed E-state index contributed by atoms with van der Waals surface area (Å²) in [7, 11) is 0. The number of anilines is 3. The predicted molar refractivity (Wildman–Crippen MR) is 146 cm³/mol. The minimum Gasteiger partial charge on any atom is -0.398 e. The maximum atomic E-state index is 13.0. The maximum absolute atomic E-state index is 13.0. The van der Waals surface area contributed by atoms with Crippen molar-refractivity contribution in [3.8, 4) is 11.1 Å². The SMILES string of the molecule is C=C(C(=O)Nc1ccc(CN2CCCCC2)nc1)c1cc(-c2cncc(NC(=O)C3CC3)c2)ccc1N. The molecule has 190 valence electrons. The van der Waals surface area contributed by atoms with E-state index in [1.807, 2.05) is 30.3 Å². The Morgan fingerprint density at radius 1 is 0.946 bits per heavy atom. The van der Waals surface area contributed by atoms with Crippen LogP contribution in [-0.2, 0) is 16.1 Å². The number of amides is 2. The predicted octanol–water partition coefficient (Wildman–Crippen LogP) is 4.71. The molecular weight excluding hydrogens is 464 g/mol. The molecule has 2 fully saturated rings. The zero-order chi connectivity index (χ0) is 25.8. The van der Waals surface area contributed by atoms with E-state index < -0.39 is 0 Å². The van der Waals surface area contributed by atoms with Crippen LogP contribution in [0.3, 0.4) is 0 Å². The fourth-order valence-electron chi connectivity index (χ4n) is 4.52. The van der Waals surface area contributed by atoms with Gasteiger partial charge in [-0.3, -0.25) is 24.5 Å². The minimum atomic E-state index is -0.349. The van der Waals surface area contributed by atoms with E-state index in [-0.39, 0.29) is 23.3 Å². The number of rotatable bonds is 8. The van der Waals surface area contributed by atoms with Crippen molar-refractivity contribution in [2.24, 2.45) is 5.92 Å². The highest BCUT2D eigenvalue weighted by molar-refractivity contribution is 6.25. The van der Waals surface area contributed by atoms with Crippen molar-refractivity contribution < 1.29 is 9.59 Å². The molecule has 8 heteroatoms. The molecule has 1 aliphatic carbocycles. The first-order valence-electron chi connectivity index (χ1n) is 12.8. The summed E-state index contributed by atoms with van der Waals surface area (Å²) < 4.78 is 0. The van der Waals surface area contributed by atoms with Crippen molar-refractivity contribution in [2.75, 3.05) is 29.5 Å². The van der Waals surface area contributed by atoms with Crippen LogP contribution in [-0.4, -0.2) is 39.8 Å². The summed E-state index contributed by atoms with van der Waals surface area (Å²) >= 11 is 0. The van der Waals surface area contributed by atoms with E-state index in [0.29, 0.717) is 22.6 Å². The first-order chi connectivity index (χ1) is 18.0. The summed E-state index contributed by atoms with van der Waals surface area (Å²) in [6, 6.07) is 11.1. The first kappa shape index (κ1) is 24.6. The van der Waals surface area contributed by atoms with E-state index in [2.05, 4.69) is 32.1 Å². The number of likely N-dealkylation sites (tertiary alicyclic amines) is 1. The summed E-state index contributed by atoms with van der Waals surface area (Å²) in [6.45, 7) is 7.04. The lowest BCUT2D eigenvalue weighted by Crippen LogP contribution is -2.29. The van der Waals surface area contributed by atoms with Crippen molar-refractivity contribution in [2.45, 2.75) is 38.6 Å². The quantitative estimate of drug-likeness (QED) is 0.307. The van der Waals surface area contributed by atoms with E-state index in [0.717, 1.165) is 49.3 Å². The van der Waals surface area contributed by atoms with Crippen molar-refractivity contribution >= 4 is 34.4 Å². The van der Waals surface area contributed by atoms with Gasteiger partial charge in [-0.1, -0.05) is 19.1 Å². The molecule has 37 heavy (non-hydrogen) atoms. The number of piperidine rings is 1. The average Bonchev–Trinajstić information content (AvgIpc) is 3.76. The number of nitrogens with one attached hydrogen (secondary N) is 2. The highest BCUT2D eigenvalue weighted by atomic mass is 16.2. The molecule has 1 aliphatic heterocycles. The van der Waals surface area contributed by atoms with Crippen LogP contribution in [0.15, 0.2) is 61.6 Å². The van der Waals surface area contributed by atoms with Gasteiger partial charge in [-0.25, -0.2) is 0 Å². The molecule has 4 N–H and O–H groups in total. The third-order valence-corrected chi connectivity index (χ3v) is 6.86. The molecule has 0 unspecified atom stereocenters. The highest BCUT2D eigenvalue weighted by Gasteiger charge is 2.29. The topological polar surface area (TPSA) is 113 Å². The van der Waals surface area contributed by atoms with Gasteiger partial charge in [-0.15, -0.1) is 0 Å². The largest absolute Gasteiger partial charge is 0.398 e. The van der Waals surface area contributed by atoms with Crippen LogP contribution in [0.25, 0.3) is 16.7 Å². The van der Waals surface area contributed by atoms with E-state index in [9.17, 15) is 9.59 Å². The van der Waals surface area contributed by atoms with Gasteiger partial charge in [0.1, 0.15) is 0 Å². The molecule has 2 aliphatic rings. The first-order valence-corrected chi connectivity index (χ1v) is 12.8. The van der Waals surface area contributed by atoms with Gasteiger partial charge < -0.3 is 16.4 Å². The molecule has 2 amide bonds. The average molecular weight is 497 g/mol. The summed E-state index contributed by atoms with van der Waals surface area (Å²) in [6.07, 6.45) is 10.7. The van der Waals surface area contributed by atoms with Gasteiger partial charge in [0.15, 0.2) is 0 Å². The van der Waals surface area contributed by atoms with Crippen LogP contribution in [0.1, 0.15) is 43.4 Å². The molecule has 1 aromatic carbocycles. The maximum Gasteiger partial charge on any atom is 0.255 e. The lowest BCUT2D eigenvalue weighted by atomic mass is 9.98. The summed E-state index contributed by atoms with van der Waals surface area (Å²) in [5.41, 5.74) is 11.3.